The topological polar surface area (TPSA) is 54.9 Å². The molecule has 2 N–H and O–H groups in total. The van der Waals surface area contributed by atoms with E-state index in [1.165, 1.54) is 5.56 Å². The number of nitrogens with one attached hydrogen (secondary N) is 2. The summed E-state index contributed by atoms with van der Waals surface area (Å²) in [6.45, 7) is 3.62. The van der Waals surface area contributed by atoms with Crippen LogP contribution in [0.25, 0.3) is 0 Å². The predicted molar refractivity (Wildman–Crippen MR) is 109 cm³/mol. The molecule has 1 aliphatic rings. The highest BCUT2D eigenvalue weighted by Crippen LogP contribution is 2.34. The lowest BCUT2D eigenvalue weighted by Crippen LogP contribution is -2.38. The van der Waals surface area contributed by atoms with Gasteiger partial charge in [0.25, 0.3) is 0 Å². The van der Waals surface area contributed by atoms with Crippen molar-refractivity contribution in [2.75, 3.05) is 32.7 Å². The van der Waals surface area contributed by atoms with E-state index in [9.17, 15) is 0 Å². The molecular weight excluding hydrogens is 425 g/mol. The minimum absolute atomic E-state index is 0. The summed E-state index contributed by atoms with van der Waals surface area (Å²) >= 11 is 1.81. The number of hydrogen-bond acceptors (Lipinski definition) is 4. The summed E-state index contributed by atoms with van der Waals surface area (Å²) in [5.41, 5.74) is 2.29. The van der Waals surface area contributed by atoms with E-state index in [2.05, 4.69) is 40.9 Å². The zero-order valence-electron chi connectivity index (χ0n) is 14.1. The second-order valence-corrected chi connectivity index (χ2v) is 6.24. The number of hydrogen-bond donors (Lipinski definition) is 2. The molecule has 1 aromatic rings. The van der Waals surface area contributed by atoms with Crippen LogP contribution in [0.1, 0.15) is 18.1 Å². The molecule has 0 amide bonds. The van der Waals surface area contributed by atoms with Crippen molar-refractivity contribution in [1.29, 1.82) is 0 Å². The first kappa shape index (κ1) is 20.2. The molecule has 1 unspecified atom stereocenters. The maximum atomic E-state index is 5.83. The number of halogens is 1. The number of fused-ring (bicyclic) bond motifs is 1. The molecule has 5 nitrogen and oxygen atoms in total. The fraction of sp³-hybridized carbons (Fsp3) is 0.562. The number of guanidine groups is 1. The first-order valence-corrected chi connectivity index (χ1v) is 8.87. The number of methoxy groups -OCH3 is 1. The third kappa shape index (κ3) is 5.63. The van der Waals surface area contributed by atoms with Crippen molar-refractivity contribution in [2.24, 2.45) is 4.99 Å². The van der Waals surface area contributed by atoms with E-state index in [4.69, 9.17) is 9.47 Å². The molecule has 2 rings (SSSR count). The fourth-order valence-corrected chi connectivity index (χ4v) is 2.79. The second kappa shape index (κ2) is 10.1. The lowest BCUT2D eigenvalue weighted by molar-refractivity contribution is 0.254. The minimum Gasteiger partial charge on any atom is -0.496 e. The third-order valence-electron chi connectivity index (χ3n) is 3.57. The monoisotopic (exact) mass is 451 g/mol. The van der Waals surface area contributed by atoms with Crippen molar-refractivity contribution in [3.05, 3.63) is 23.3 Å². The van der Waals surface area contributed by atoms with E-state index < -0.39 is 0 Å². The first-order chi connectivity index (χ1) is 10.7. The average Bonchev–Trinajstić information content (AvgIpc) is 2.88. The van der Waals surface area contributed by atoms with Crippen molar-refractivity contribution < 1.29 is 9.47 Å². The van der Waals surface area contributed by atoms with E-state index >= 15 is 0 Å². The van der Waals surface area contributed by atoms with Gasteiger partial charge in [-0.15, -0.1) is 24.0 Å². The van der Waals surface area contributed by atoms with Gasteiger partial charge in [-0.2, -0.15) is 11.8 Å². The Morgan fingerprint density at radius 2 is 2.22 bits per heavy atom. The fourth-order valence-electron chi connectivity index (χ4n) is 2.48. The van der Waals surface area contributed by atoms with Crippen LogP contribution in [-0.4, -0.2) is 44.8 Å². The summed E-state index contributed by atoms with van der Waals surface area (Å²) in [5.74, 6) is 3.71. The lowest BCUT2D eigenvalue weighted by atomic mass is 10.1. The SMILES string of the molecule is CN=C(NCCSC)NCc1cc2c(cc1OC)CC(C)O2.I. The summed E-state index contributed by atoms with van der Waals surface area (Å²) in [6.07, 6.45) is 3.27. The van der Waals surface area contributed by atoms with Gasteiger partial charge in [0, 0.05) is 43.4 Å². The van der Waals surface area contributed by atoms with Gasteiger partial charge in [0.05, 0.1) is 7.11 Å². The quantitative estimate of drug-likeness (QED) is 0.302. The minimum atomic E-state index is 0. The number of aliphatic imine (C=N–C) groups is 1. The summed E-state index contributed by atoms with van der Waals surface area (Å²) in [7, 11) is 3.48. The van der Waals surface area contributed by atoms with Crippen molar-refractivity contribution in [3.63, 3.8) is 0 Å². The molecule has 0 spiro atoms. The van der Waals surface area contributed by atoms with Crippen LogP contribution >= 0.6 is 35.7 Å². The lowest BCUT2D eigenvalue weighted by Gasteiger charge is -2.14. The Hall–Kier alpha value is -0.830. The smallest absolute Gasteiger partial charge is 0.191 e. The van der Waals surface area contributed by atoms with Crippen LogP contribution in [0.15, 0.2) is 17.1 Å². The average molecular weight is 451 g/mol. The molecule has 1 atom stereocenters. The van der Waals surface area contributed by atoms with Crippen LogP contribution in [0.3, 0.4) is 0 Å². The van der Waals surface area contributed by atoms with Gasteiger partial charge < -0.3 is 20.1 Å². The summed E-state index contributed by atoms with van der Waals surface area (Å²) in [5, 5.41) is 6.60. The van der Waals surface area contributed by atoms with Crippen molar-refractivity contribution in [2.45, 2.75) is 26.0 Å². The molecule has 0 saturated heterocycles. The number of rotatable bonds is 6. The van der Waals surface area contributed by atoms with Crippen molar-refractivity contribution in [1.82, 2.24) is 10.6 Å². The molecule has 1 heterocycles. The maximum Gasteiger partial charge on any atom is 0.191 e. The number of nitrogens with zero attached hydrogens (tertiary/aromatic N) is 1. The van der Waals surface area contributed by atoms with E-state index in [1.807, 2.05) is 0 Å². The molecule has 23 heavy (non-hydrogen) atoms. The Balaban J connectivity index is 0.00000264. The summed E-state index contributed by atoms with van der Waals surface area (Å²) in [4.78, 5) is 4.23. The number of thioether (sulfide) groups is 1. The van der Waals surface area contributed by atoms with E-state index in [1.54, 1.807) is 25.9 Å². The van der Waals surface area contributed by atoms with Crippen LogP contribution in [0, 0.1) is 0 Å². The van der Waals surface area contributed by atoms with Gasteiger partial charge in [0.15, 0.2) is 5.96 Å². The standard InChI is InChI=1S/C16H25N3O2S.HI/c1-11-7-12-8-14(20-3)13(9-15(12)21-11)10-19-16(17-2)18-5-6-22-4;/h8-9,11H,5-7,10H2,1-4H3,(H2,17,18,19);1H. The Bertz CT molecular complexity index is 540. The Morgan fingerprint density at radius 1 is 1.43 bits per heavy atom. The van der Waals surface area contributed by atoms with Gasteiger partial charge in [-0.25, -0.2) is 0 Å². The molecule has 7 heteroatoms. The Labute approximate surface area is 160 Å². The highest BCUT2D eigenvalue weighted by Gasteiger charge is 2.21. The molecule has 0 aromatic heterocycles. The van der Waals surface area contributed by atoms with Gasteiger partial charge in [-0.05, 0) is 25.3 Å². The molecule has 1 aliphatic heterocycles. The van der Waals surface area contributed by atoms with Crippen LogP contribution in [0.4, 0.5) is 0 Å². The summed E-state index contributed by atoms with van der Waals surface area (Å²) in [6, 6.07) is 4.15. The number of ether oxygens (including phenoxy) is 2. The largest absolute Gasteiger partial charge is 0.496 e. The van der Waals surface area contributed by atoms with Gasteiger partial charge in [0.1, 0.15) is 17.6 Å². The van der Waals surface area contributed by atoms with Gasteiger partial charge in [-0.3, -0.25) is 4.99 Å². The third-order valence-corrected chi connectivity index (χ3v) is 4.18. The first-order valence-electron chi connectivity index (χ1n) is 7.47. The molecule has 1 aromatic carbocycles. The van der Waals surface area contributed by atoms with Crippen molar-refractivity contribution in [3.8, 4) is 11.5 Å². The van der Waals surface area contributed by atoms with E-state index in [0.29, 0.717) is 6.54 Å². The zero-order chi connectivity index (χ0) is 15.9. The number of benzene rings is 1. The van der Waals surface area contributed by atoms with E-state index in [-0.39, 0.29) is 30.1 Å². The maximum absolute atomic E-state index is 5.83. The zero-order valence-corrected chi connectivity index (χ0v) is 17.3. The van der Waals surface area contributed by atoms with Crippen LogP contribution in [-0.2, 0) is 13.0 Å². The Morgan fingerprint density at radius 3 is 2.87 bits per heavy atom. The normalized spacial score (nSPS) is 16.2. The molecule has 0 aliphatic carbocycles. The van der Waals surface area contributed by atoms with Crippen LogP contribution in [0.5, 0.6) is 11.5 Å². The molecule has 0 fully saturated rings. The Kier molecular flexibility index (Phi) is 8.90. The predicted octanol–water partition coefficient (Wildman–Crippen LogP) is 2.66. The highest BCUT2D eigenvalue weighted by atomic mass is 127. The molecule has 130 valence electrons. The summed E-state index contributed by atoms with van der Waals surface area (Å²) < 4.78 is 11.3. The van der Waals surface area contributed by atoms with Gasteiger partial charge in [0.2, 0.25) is 0 Å². The van der Waals surface area contributed by atoms with Crippen molar-refractivity contribution >= 4 is 41.7 Å². The molecule has 0 radical (unpaired) electrons. The van der Waals surface area contributed by atoms with E-state index in [0.717, 1.165) is 41.7 Å². The van der Waals surface area contributed by atoms with Crippen LogP contribution < -0.4 is 20.1 Å². The van der Waals surface area contributed by atoms with Crippen LogP contribution in [0.2, 0.25) is 0 Å². The molecule has 0 saturated carbocycles. The second-order valence-electron chi connectivity index (χ2n) is 5.25. The van der Waals surface area contributed by atoms with Gasteiger partial charge in [-0.1, -0.05) is 0 Å². The molecule has 0 bridgehead atoms. The highest BCUT2D eigenvalue weighted by molar-refractivity contribution is 14.0. The molecular formula is C16H26IN3O2S. The van der Waals surface area contributed by atoms with Gasteiger partial charge >= 0.3 is 0 Å².